The summed E-state index contributed by atoms with van der Waals surface area (Å²) in [7, 11) is 1.73. The molecule has 2 N–H and O–H groups in total. The minimum absolute atomic E-state index is 0.210. The molecule has 0 amide bonds. The maximum atomic E-state index is 11.4. The number of halogens is 1. The first kappa shape index (κ1) is 18.0. The van der Waals surface area contributed by atoms with E-state index in [1.54, 1.807) is 37.3 Å². The van der Waals surface area contributed by atoms with Crippen LogP contribution in [0.25, 0.3) is 10.8 Å². The Morgan fingerprint density at radius 3 is 2.42 bits per heavy atom. The Kier molecular flexibility index (Phi) is 5.62. The van der Waals surface area contributed by atoms with Crippen LogP contribution < -0.4 is 5.73 Å². The van der Waals surface area contributed by atoms with E-state index >= 15 is 0 Å². The SMILES string of the molecule is Cc1ccc2ccccc2c1S(=O)(=O)Cl.N#Cc1ccc(CN)o1. The molecule has 124 valence electrons. The first-order valence-electron chi connectivity index (χ1n) is 6.98. The van der Waals surface area contributed by atoms with Gasteiger partial charge in [0.2, 0.25) is 5.76 Å². The highest BCUT2D eigenvalue weighted by atomic mass is 35.7. The van der Waals surface area contributed by atoms with Crippen LogP contribution in [-0.4, -0.2) is 8.42 Å². The van der Waals surface area contributed by atoms with Gasteiger partial charge in [-0.05, 0) is 30.0 Å². The largest absolute Gasteiger partial charge is 0.449 e. The molecule has 0 fully saturated rings. The van der Waals surface area contributed by atoms with Crippen LogP contribution in [0.1, 0.15) is 17.1 Å². The summed E-state index contributed by atoms with van der Waals surface area (Å²) in [6.07, 6.45) is 0. The highest BCUT2D eigenvalue weighted by Gasteiger charge is 2.16. The Bertz CT molecular complexity index is 1000. The fourth-order valence-electron chi connectivity index (χ4n) is 2.22. The van der Waals surface area contributed by atoms with Gasteiger partial charge < -0.3 is 10.2 Å². The molecular formula is C17H15ClN2O3S. The van der Waals surface area contributed by atoms with Gasteiger partial charge >= 0.3 is 0 Å². The first-order chi connectivity index (χ1) is 11.4. The predicted molar refractivity (Wildman–Crippen MR) is 93.0 cm³/mol. The van der Waals surface area contributed by atoms with Gasteiger partial charge in [0.25, 0.3) is 9.05 Å². The maximum absolute atomic E-state index is 11.4. The van der Waals surface area contributed by atoms with Crippen LogP contribution in [0, 0.1) is 18.3 Å². The molecule has 24 heavy (non-hydrogen) atoms. The first-order valence-corrected chi connectivity index (χ1v) is 9.29. The van der Waals surface area contributed by atoms with E-state index in [-0.39, 0.29) is 4.90 Å². The molecule has 3 aromatic rings. The number of rotatable bonds is 2. The van der Waals surface area contributed by atoms with Crippen LogP contribution in [0.15, 0.2) is 57.8 Å². The Balaban J connectivity index is 0.000000198. The van der Waals surface area contributed by atoms with Gasteiger partial charge in [0.1, 0.15) is 11.8 Å². The zero-order valence-corrected chi connectivity index (χ0v) is 14.4. The molecule has 7 heteroatoms. The van der Waals surface area contributed by atoms with Crippen molar-refractivity contribution in [2.45, 2.75) is 18.4 Å². The zero-order valence-electron chi connectivity index (χ0n) is 12.9. The molecule has 0 bridgehead atoms. The van der Waals surface area contributed by atoms with Crippen molar-refractivity contribution in [1.29, 1.82) is 5.26 Å². The Morgan fingerprint density at radius 2 is 1.88 bits per heavy atom. The third-order valence-corrected chi connectivity index (χ3v) is 4.79. The highest BCUT2D eigenvalue weighted by molar-refractivity contribution is 8.14. The van der Waals surface area contributed by atoms with Gasteiger partial charge in [0.15, 0.2) is 0 Å². The van der Waals surface area contributed by atoms with Gasteiger partial charge in [0, 0.05) is 16.1 Å². The average molecular weight is 363 g/mol. The topological polar surface area (TPSA) is 97.1 Å². The fraction of sp³-hybridized carbons (Fsp3) is 0.118. The standard InChI is InChI=1S/C11H9ClO2S.C6H6N2O/c1-8-6-7-9-4-2-3-5-10(9)11(8)15(12,13)14;7-3-5-1-2-6(4-8)9-5/h2-7H,1H3;1-2H,3,7H2. The normalized spacial score (nSPS) is 10.8. The van der Waals surface area contributed by atoms with Gasteiger partial charge in [-0.2, -0.15) is 5.26 Å². The molecule has 0 saturated carbocycles. The Hall–Kier alpha value is -2.33. The summed E-state index contributed by atoms with van der Waals surface area (Å²) in [5.74, 6) is 0.960. The molecule has 3 rings (SSSR count). The van der Waals surface area contributed by atoms with E-state index in [1.165, 1.54) is 0 Å². The number of furan rings is 1. The molecule has 0 saturated heterocycles. The van der Waals surface area contributed by atoms with Crippen LogP contribution >= 0.6 is 10.7 Å². The lowest BCUT2D eigenvalue weighted by Gasteiger charge is -2.06. The molecule has 0 aliphatic rings. The number of benzene rings is 2. The van der Waals surface area contributed by atoms with Gasteiger partial charge in [-0.25, -0.2) is 8.42 Å². The molecule has 2 aromatic carbocycles. The van der Waals surface area contributed by atoms with E-state index in [9.17, 15) is 8.42 Å². The number of nitrogens with two attached hydrogens (primary N) is 1. The number of hydrogen-bond donors (Lipinski definition) is 1. The summed E-state index contributed by atoms with van der Waals surface area (Å²) >= 11 is 0. The molecule has 0 aliphatic heterocycles. The second-order valence-electron chi connectivity index (χ2n) is 4.95. The number of nitrogens with zero attached hydrogens (tertiary/aromatic N) is 1. The molecule has 0 atom stereocenters. The Morgan fingerprint density at radius 1 is 1.17 bits per heavy atom. The van der Waals surface area contributed by atoms with E-state index < -0.39 is 9.05 Å². The maximum Gasteiger partial charge on any atom is 0.262 e. The lowest BCUT2D eigenvalue weighted by atomic mass is 10.1. The van der Waals surface area contributed by atoms with Crippen molar-refractivity contribution in [3.63, 3.8) is 0 Å². The monoisotopic (exact) mass is 362 g/mol. The van der Waals surface area contributed by atoms with Crippen molar-refractivity contribution in [2.75, 3.05) is 0 Å². The molecule has 0 unspecified atom stereocenters. The summed E-state index contributed by atoms with van der Waals surface area (Å²) in [5.41, 5.74) is 5.88. The average Bonchev–Trinajstić information content (AvgIpc) is 3.02. The minimum atomic E-state index is -3.69. The van der Waals surface area contributed by atoms with Gasteiger partial charge in [-0.15, -0.1) is 0 Å². The van der Waals surface area contributed by atoms with Crippen molar-refractivity contribution in [3.05, 3.63) is 65.6 Å². The van der Waals surface area contributed by atoms with E-state index in [2.05, 4.69) is 0 Å². The summed E-state index contributed by atoms with van der Waals surface area (Å²) in [6, 6.07) is 16.1. The van der Waals surface area contributed by atoms with Crippen LogP contribution in [-0.2, 0) is 15.6 Å². The lowest BCUT2D eigenvalue weighted by molar-refractivity contribution is 0.500. The van der Waals surface area contributed by atoms with Gasteiger partial charge in [-0.3, -0.25) is 0 Å². The number of aryl methyl sites for hydroxylation is 1. The van der Waals surface area contributed by atoms with E-state index in [0.29, 0.717) is 29.0 Å². The van der Waals surface area contributed by atoms with E-state index in [4.69, 9.17) is 26.1 Å². The van der Waals surface area contributed by atoms with Crippen LogP contribution in [0.5, 0.6) is 0 Å². The van der Waals surface area contributed by atoms with E-state index in [1.807, 2.05) is 24.3 Å². The highest BCUT2D eigenvalue weighted by Crippen LogP contribution is 2.28. The fourth-order valence-corrected chi connectivity index (χ4v) is 3.74. The van der Waals surface area contributed by atoms with Crippen LogP contribution in [0.2, 0.25) is 0 Å². The molecule has 0 spiro atoms. The van der Waals surface area contributed by atoms with Crippen LogP contribution in [0.4, 0.5) is 0 Å². The molecule has 1 aromatic heterocycles. The van der Waals surface area contributed by atoms with E-state index in [0.717, 1.165) is 5.39 Å². The molecule has 5 nitrogen and oxygen atoms in total. The molecular weight excluding hydrogens is 348 g/mol. The lowest BCUT2D eigenvalue weighted by Crippen LogP contribution is -1.95. The number of hydrogen-bond acceptors (Lipinski definition) is 5. The molecule has 0 radical (unpaired) electrons. The van der Waals surface area contributed by atoms with Gasteiger partial charge in [-0.1, -0.05) is 36.4 Å². The summed E-state index contributed by atoms with van der Waals surface area (Å²) < 4.78 is 27.8. The Labute approximate surface area is 144 Å². The molecule has 1 heterocycles. The smallest absolute Gasteiger partial charge is 0.262 e. The summed E-state index contributed by atoms with van der Waals surface area (Å²) in [6.45, 7) is 2.09. The second kappa shape index (κ2) is 7.49. The van der Waals surface area contributed by atoms with Crippen molar-refractivity contribution < 1.29 is 12.8 Å². The number of fused-ring (bicyclic) bond motifs is 1. The third-order valence-electron chi connectivity index (χ3n) is 3.29. The van der Waals surface area contributed by atoms with Crippen LogP contribution in [0.3, 0.4) is 0 Å². The van der Waals surface area contributed by atoms with Crippen molar-refractivity contribution in [3.8, 4) is 6.07 Å². The predicted octanol–water partition coefficient (Wildman–Crippen LogP) is 3.69. The molecule has 0 aliphatic carbocycles. The summed E-state index contributed by atoms with van der Waals surface area (Å²) in [4.78, 5) is 0.210. The van der Waals surface area contributed by atoms with Crippen molar-refractivity contribution >= 4 is 30.5 Å². The third kappa shape index (κ3) is 4.15. The minimum Gasteiger partial charge on any atom is -0.449 e. The quantitative estimate of drug-likeness (QED) is 0.701. The van der Waals surface area contributed by atoms with Gasteiger partial charge in [0.05, 0.1) is 11.4 Å². The number of nitriles is 1. The second-order valence-corrected chi connectivity index (χ2v) is 7.46. The van der Waals surface area contributed by atoms with Crippen molar-refractivity contribution in [1.82, 2.24) is 0 Å². The summed E-state index contributed by atoms with van der Waals surface area (Å²) in [5, 5.41) is 9.81. The zero-order chi connectivity index (χ0) is 17.7. The van der Waals surface area contributed by atoms with Crippen molar-refractivity contribution in [2.24, 2.45) is 5.73 Å².